The number of rotatable bonds is 6. The Balaban J connectivity index is 1.61. The van der Waals surface area contributed by atoms with Gasteiger partial charge < -0.3 is 19.0 Å². The molecule has 140 valence electrons. The van der Waals surface area contributed by atoms with Gasteiger partial charge in [-0.15, -0.1) is 0 Å². The molecule has 3 aromatic carbocycles. The fourth-order valence-corrected chi connectivity index (χ4v) is 3.03. The number of methoxy groups -OCH3 is 1. The Bertz CT molecular complexity index is 1170. The van der Waals surface area contributed by atoms with Crippen molar-refractivity contribution in [2.75, 3.05) is 13.7 Å². The van der Waals surface area contributed by atoms with Gasteiger partial charge in [-0.05, 0) is 54.1 Å². The molecule has 0 saturated carbocycles. The molecule has 5 heteroatoms. The van der Waals surface area contributed by atoms with Crippen LogP contribution in [-0.4, -0.2) is 24.8 Å². The first-order chi connectivity index (χ1) is 13.6. The first-order valence-electron chi connectivity index (χ1n) is 8.76. The molecule has 1 aromatic heterocycles. The Morgan fingerprint density at radius 2 is 1.68 bits per heavy atom. The molecule has 0 saturated heterocycles. The largest absolute Gasteiger partial charge is 0.497 e. The van der Waals surface area contributed by atoms with Crippen molar-refractivity contribution in [1.82, 2.24) is 0 Å². The Hall–Kier alpha value is -3.73. The fourth-order valence-electron chi connectivity index (χ4n) is 3.03. The molecule has 28 heavy (non-hydrogen) atoms. The number of ether oxygens (including phenoxy) is 2. The summed E-state index contributed by atoms with van der Waals surface area (Å²) in [4.78, 5) is 11.7. The summed E-state index contributed by atoms with van der Waals surface area (Å²) >= 11 is 0. The number of furan rings is 1. The van der Waals surface area contributed by atoms with Gasteiger partial charge in [-0.25, -0.2) is 4.79 Å². The molecule has 5 nitrogen and oxygen atoms in total. The van der Waals surface area contributed by atoms with Gasteiger partial charge in [0.15, 0.2) is 0 Å². The maximum Gasteiger partial charge on any atom is 0.335 e. The zero-order valence-electron chi connectivity index (χ0n) is 15.2. The lowest BCUT2D eigenvalue weighted by molar-refractivity contribution is -0.132. The number of carboxylic acids is 1. The smallest absolute Gasteiger partial charge is 0.335 e. The number of benzene rings is 3. The minimum Gasteiger partial charge on any atom is -0.497 e. The molecule has 0 atom stereocenters. The van der Waals surface area contributed by atoms with Crippen molar-refractivity contribution in [1.29, 1.82) is 0 Å². The van der Waals surface area contributed by atoms with Crippen molar-refractivity contribution in [3.8, 4) is 11.5 Å². The summed E-state index contributed by atoms with van der Waals surface area (Å²) in [6, 6.07) is 20.4. The number of hydrogen-bond donors (Lipinski definition) is 1. The van der Waals surface area contributed by atoms with Crippen LogP contribution in [0.4, 0.5) is 0 Å². The van der Waals surface area contributed by atoms with E-state index in [-0.39, 0.29) is 12.2 Å². The molecule has 0 radical (unpaired) electrons. The highest BCUT2D eigenvalue weighted by Crippen LogP contribution is 2.29. The summed E-state index contributed by atoms with van der Waals surface area (Å²) < 4.78 is 16.5. The first-order valence-corrected chi connectivity index (χ1v) is 8.76. The van der Waals surface area contributed by atoms with Gasteiger partial charge in [-0.3, -0.25) is 0 Å². The van der Waals surface area contributed by atoms with E-state index in [9.17, 15) is 9.90 Å². The van der Waals surface area contributed by atoms with Crippen LogP contribution in [0, 0.1) is 0 Å². The average molecular weight is 374 g/mol. The van der Waals surface area contributed by atoms with Crippen LogP contribution >= 0.6 is 0 Å². The standard InChI is InChI=1S/C23H18O5/c1-26-17-7-9-18(10-8-17)27-14-16(23(24)25)12-15-6-11-22-20(13-15)19-4-2-3-5-21(19)28-22/h2-13H,14H2,1H3,(H,24,25)/b16-12+. The van der Waals surface area contributed by atoms with E-state index in [4.69, 9.17) is 13.9 Å². The van der Waals surface area contributed by atoms with Crippen LogP contribution in [0.5, 0.6) is 11.5 Å². The van der Waals surface area contributed by atoms with Crippen LogP contribution in [-0.2, 0) is 4.79 Å². The third-order valence-corrected chi connectivity index (χ3v) is 4.47. The Kier molecular flexibility index (Phi) is 4.72. The molecule has 1 heterocycles. The molecule has 0 aliphatic carbocycles. The molecular weight excluding hydrogens is 356 g/mol. The number of fused-ring (bicyclic) bond motifs is 3. The molecule has 4 aromatic rings. The maximum absolute atomic E-state index is 11.7. The third kappa shape index (κ3) is 3.55. The van der Waals surface area contributed by atoms with E-state index >= 15 is 0 Å². The van der Waals surface area contributed by atoms with Crippen molar-refractivity contribution in [2.24, 2.45) is 0 Å². The van der Waals surface area contributed by atoms with Crippen molar-refractivity contribution >= 4 is 34.0 Å². The number of hydrogen-bond acceptors (Lipinski definition) is 4. The second-order valence-corrected chi connectivity index (χ2v) is 6.29. The minimum atomic E-state index is -1.02. The van der Waals surface area contributed by atoms with E-state index in [1.807, 2.05) is 42.5 Å². The van der Waals surface area contributed by atoms with E-state index in [1.165, 1.54) is 0 Å². The van der Waals surface area contributed by atoms with Gasteiger partial charge >= 0.3 is 5.97 Å². The summed E-state index contributed by atoms with van der Waals surface area (Å²) in [5, 5.41) is 11.5. The minimum absolute atomic E-state index is 0.0498. The molecule has 1 N–H and O–H groups in total. The van der Waals surface area contributed by atoms with Crippen LogP contribution in [0.15, 0.2) is 76.7 Å². The molecule has 0 aliphatic heterocycles. The van der Waals surface area contributed by atoms with E-state index in [0.29, 0.717) is 11.5 Å². The lowest BCUT2D eigenvalue weighted by Crippen LogP contribution is -2.10. The molecule has 0 amide bonds. The van der Waals surface area contributed by atoms with Crippen LogP contribution in [0.25, 0.3) is 28.0 Å². The number of carboxylic acid groups (broad SMARTS) is 1. The first kappa shape index (κ1) is 17.7. The highest BCUT2D eigenvalue weighted by Gasteiger charge is 2.11. The number of carbonyl (C=O) groups is 1. The molecule has 0 fully saturated rings. The predicted octanol–water partition coefficient (Wildman–Crippen LogP) is 5.14. The molecule has 0 bridgehead atoms. The maximum atomic E-state index is 11.7. The summed E-state index contributed by atoms with van der Waals surface area (Å²) in [7, 11) is 1.58. The summed E-state index contributed by atoms with van der Waals surface area (Å²) in [6.07, 6.45) is 1.62. The number of aliphatic carboxylic acids is 1. The summed E-state index contributed by atoms with van der Waals surface area (Å²) in [5.41, 5.74) is 2.50. The van der Waals surface area contributed by atoms with Crippen molar-refractivity contribution in [3.63, 3.8) is 0 Å². The van der Waals surface area contributed by atoms with Crippen molar-refractivity contribution in [3.05, 3.63) is 77.9 Å². The lowest BCUT2D eigenvalue weighted by Gasteiger charge is -2.08. The van der Waals surface area contributed by atoms with Crippen LogP contribution in [0.2, 0.25) is 0 Å². The normalized spacial score (nSPS) is 11.7. The van der Waals surface area contributed by atoms with Crippen LogP contribution in [0.1, 0.15) is 5.56 Å². The third-order valence-electron chi connectivity index (χ3n) is 4.47. The summed E-state index contributed by atoms with van der Waals surface area (Å²) in [6.45, 7) is -0.0498. The molecule has 4 rings (SSSR count). The Morgan fingerprint density at radius 3 is 2.43 bits per heavy atom. The monoisotopic (exact) mass is 374 g/mol. The van der Waals surface area contributed by atoms with Crippen molar-refractivity contribution in [2.45, 2.75) is 0 Å². The van der Waals surface area contributed by atoms with E-state index in [1.54, 1.807) is 37.5 Å². The quantitative estimate of drug-likeness (QED) is 0.473. The molecule has 0 aliphatic rings. The Labute approximate surface area is 161 Å². The molecule has 0 spiro atoms. The fraction of sp³-hybridized carbons (Fsp3) is 0.0870. The number of para-hydroxylation sites is 1. The predicted molar refractivity (Wildman–Crippen MR) is 108 cm³/mol. The van der Waals surface area contributed by atoms with Gasteiger partial charge in [0.05, 0.1) is 12.7 Å². The topological polar surface area (TPSA) is 68.9 Å². The Morgan fingerprint density at radius 1 is 0.964 bits per heavy atom. The zero-order valence-corrected chi connectivity index (χ0v) is 15.2. The lowest BCUT2D eigenvalue weighted by atomic mass is 10.1. The van der Waals surface area contributed by atoms with E-state index in [2.05, 4.69) is 0 Å². The second kappa shape index (κ2) is 7.48. The van der Waals surface area contributed by atoms with Gasteiger partial charge in [0.1, 0.15) is 29.3 Å². The molecule has 0 unspecified atom stereocenters. The van der Waals surface area contributed by atoms with Gasteiger partial charge in [-0.2, -0.15) is 0 Å². The highest BCUT2D eigenvalue weighted by atomic mass is 16.5. The van der Waals surface area contributed by atoms with Gasteiger partial charge in [-0.1, -0.05) is 24.3 Å². The molecular formula is C23H18O5. The zero-order chi connectivity index (χ0) is 19.5. The van der Waals surface area contributed by atoms with Gasteiger partial charge in [0.25, 0.3) is 0 Å². The second-order valence-electron chi connectivity index (χ2n) is 6.29. The highest BCUT2D eigenvalue weighted by molar-refractivity contribution is 6.05. The van der Waals surface area contributed by atoms with Gasteiger partial charge in [0, 0.05) is 10.8 Å². The van der Waals surface area contributed by atoms with Gasteiger partial charge in [0.2, 0.25) is 0 Å². The van der Waals surface area contributed by atoms with Crippen molar-refractivity contribution < 1.29 is 23.8 Å². The van der Waals surface area contributed by atoms with Crippen LogP contribution < -0.4 is 9.47 Å². The average Bonchev–Trinajstić information content (AvgIpc) is 3.09. The van der Waals surface area contributed by atoms with Crippen LogP contribution in [0.3, 0.4) is 0 Å². The summed E-state index contributed by atoms with van der Waals surface area (Å²) in [5.74, 6) is 0.261. The van der Waals surface area contributed by atoms with E-state index in [0.717, 1.165) is 27.5 Å². The van der Waals surface area contributed by atoms with E-state index < -0.39 is 5.97 Å². The SMILES string of the molecule is COc1ccc(OC/C(=C\c2ccc3oc4ccccc4c3c2)C(=O)O)cc1.